The van der Waals surface area contributed by atoms with Crippen LogP contribution in [0.4, 0.5) is 0 Å². The summed E-state index contributed by atoms with van der Waals surface area (Å²) in [5, 5.41) is 4.98. The highest BCUT2D eigenvalue weighted by atomic mass is 16.5. The lowest BCUT2D eigenvalue weighted by atomic mass is 9.98. The van der Waals surface area contributed by atoms with Crippen LogP contribution in [0, 0.1) is 5.92 Å². The van der Waals surface area contributed by atoms with Gasteiger partial charge in [-0.25, -0.2) is 0 Å². The number of amides is 1. The van der Waals surface area contributed by atoms with Gasteiger partial charge in [-0.05, 0) is 44.5 Å². The Balaban J connectivity index is 1.61. The Bertz CT molecular complexity index is 652. The molecule has 1 saturated heterocycles. The third kappa shape index (κ3) is 3.30. The fraction of sp³-hybridized carbons (Fsp3) is 0.529. The van der Waals surface area contributed by atoms with E-state index in [4.69, 9.17) is 4.52 Å². The lowest BCUT2D eigenvalue weighted by molar-refractivity contribution is -0.130. The molecule has 1 aliphatic rings. The molecule has 22 heavy (non-hydrogen) atoms. The Hall–Kier alpha value is -1.88. The van der Waals surface area contributed by atoms with Gasteiger partial charge in [-0.1, -0.05) is 17.3 Å². The largest absolute Gasteiger partial charge is 0.356 e. The summed E-state index contributed by atoms with van der Waals surface area (Å²) >= 11 is 0. The van der Waals surface area contributed by atoms with Gasteiger partial charge in [0.2, 0.25) is 5.91 Å². The maximum Gasteiger partial charge on any atom is 0.228 e. The van der Waals surface area contributed by atoms with E-state index in [0.717, 1.165) is 29.8 Å². The maximum absolute atomic E-state index is 12.4. The molecule has 1 amide bonds. The zero-order valence-electron chi connectivity index (χ0n) is 13.3. The van der Waals surface area contributed by atoms with E-state index in [1.807, 2.05) is 36.2 Å². The molecule has 1 unspecified atom stereocenters. The summed E-state index contributed by atoms with van der Waals surface area (Å²) in [5.74, 6) is 0.675. The predicted molar refractivity (Wildman–Crippen MR) is 85.6 cm³/mol. The minimum atomic E-state index is 0.104. The summed E-state index contributed by atoms with van der Waals surface area (Å²) in [6, 6.07) is 7.67. The molecule has 1 aromatic carbocycles. The number of hydrogen-bond acceptors (Lipinski definition) is 4. The molecular formula is C17H23N3O2. The standard InChI is InChI=1S/C17H23N3O2/c1-19-9-5-6-13(11-19)12-20(2)17(21)10-15-14-7-3-4-8-16(14)22-18-15/h3-4,7-8,13H,5-6,9-12H2,1-2H3. The van der Waals surface area contributed by atoms with Crippen molar-refractivity contribution >= 4 is 16.9 Å². The summed E-state index contributed by atoms with van der Waals surface area (Å²) in [5.41, 5.74) is 1.47. The maximum atomic E-state index is 12.4. The summed E-state index contributed by atoms with van der Waals surface area (Å²) in [6.07, 6.45) is 2.72. The van der Waals surface area contributed by atoms with E-state index in [1.165, 1.54) is 19.4 Å². The average molecular weight is 301 g/mol. The van der Waals surface area contributed by atoms with Crippen molar-refractivity contribution in [2.75, 3.05) is 33.7 Å². The van der Waals surface area contributed by atoms with Gasteiger partial charge >= 0.3 is 0 Å². The molecular weight excluding hydrogens is 278 g/mol. The second kappa shape index (κ2) is 6.48. The molecule has 0 N–H and O–H groups in total. The van der Waals surface area contributed by atoms with Crippen LogP contribution < -0.4 is 0 Å². The van der Waals surface area contributed by atoms with Crippen molar-refractivity contribution in [1.82, 2.24) is 15.0 Å². The Morgan fingerprint density at radius 1 is 1.45 bits per heavy atom. The van der Waals surface area contributed by atoms with Gasteiger partial charge in [0.15, 0.2) is 5.58 Å². The molecule has 118 valence electrons. The number of hydrogen-bond donors (Lipinski definition) is 0. The van der Waals surface area contributed by atoms with Crippen LogP contribution in [0.15, 0.2) is 28.8 Å². The highest BCUT2D eigenvalue weighted by Crippen LogP contribution is 2.20. The van der Waals surface area contributed by atoms with Crippen LogP contribution >= 0.6 is 0 Å². The van der Waals surface area contributed by atoms with Crippen LogP contribution in [0.5, 0.6) is 0 Å². The Kier molecular flexibility index (Phi) is 4.43. The topological polar surface area (TPSA) is 49.6 Å². The number of para-hydroxylation sites is 1. The number of likely N-dealkylation sites (N-methyl/N-ethyl adjacent to an activating group) is 1. The summed E-state index contributed by atoms with van der Waals surface area (Å²) in [6.45, 7) is 3.06. The monoisotopic (exact) mass is 301 g/mol. The first kappa shape index (κ1) is 15.0. The molecule has 2 heterocycles. The number of aromatic nitrogens is 1. The zero-order valence-corrected chi connectivity index (χ0v) is 13.3. The van der Waals surface area contributed by atoms with Crippen LogP contribution in [0.1, 0.15) is 18.5 Å². The van der Waals surface area contributed by atoms with E-state index in [0.29, 0.717) is 12.3 Å². The summed E-state index contributed by atoms with van der Waals surface area (Å²) in [4.78, 5) is 16.6. The first-order chi connectivity index (χ1) is 10.6. The zero-order chi connectivity index (χ0) is 15.5. The van der Waals surface area contributed by atoms with Gasteiger partial charge in [-0.3, -0.25) is 4.79 Å². The average Bonchev–Trinajstić information content (AvgIpc) is 2.90. The predicted octanol–water partition coefficient (Wildman–Crippen LogP) is 2.17. The van der Waals surface area contributed by atoms with Crippen molar-refractivity contribution in [3.63, 3.8) is 0 Å². The van der Waals surface area contributed by atoms with Crippen molar-refractivity contribution in [1.29, 1.82) is 0 Å². The van der Waals surface area contributed by atoms with E-state index < -0.39 is 0 Å². The summed E-state index contributed by atoms with van der Waals surface area (Å²) in [7, 11) is 4.04. The van der Waals surface area contributed by atoms with E-state index in [9.17, 15) is 4.79 Å². The molecule has 2 aromatic rings. The van der Waals surface area contributed by atoms with Gasteiger partial charge in [0, 0.05) is 25.5 Å². The van der Waals surface area contributed by atoms with Crippen LogP contribution in [0.3, 0.4) is 0 Å². The molecule has 1 atom stereocenters. The minimum absolute atomic E-state index is 0.104. The van der Waals surface area contributed by atoms with Crippen LogP contribution in [0.25, 0.3) is 11.0 Å². The van der Waals surface area contributed by atoms with Gasteiger partial charge in [0.05, 0.1) is 6.42 Å². The molecule has 1 fully saturated rings. The van der Waals surface area contributed by atoms with Crippen LogP contribution in [-0.2, 0) is 11.2 Å². The molecule has 1 aromatic heterocycles. The third-order valence-corrected chi connectivity index (χ3v) is 4.45. The number of nitrogens with zero attached hydrogens (tertiary/aromatic N) is 3. The molecule has 5 nitrogen and oxygen atoms in total. The number of benzene rings is 1. The van der Waals surface area contributed by atoms with E-state index >= 15 is 0 Å². The third-order valence-electron chi connectivity index (χ3n) is 4.45. The number of fused-ring (bicyclic) bond motifs is 1. The second-order valence-corrected chi connectivity index (χ2v) is 6.35. The first-order valence-corrected chi connectivity index (χ1v) is 7.89. The van der Waals surface area contributed by atoms with Crippen molar-refractivity contribution in [3.05, 3.63) is 30.0 Å². The minimum Gasteiger partial charge on any atom is -0.356 e. The SMILES string of the molecule is CN1CCCC(CN(C)C(=O)Cc2noc3ccccc23)C1. The van der Waals surface area contributed by atoms with Crippen molar-refractivity contribution < 1.29 is 9.32 Å². The molecule has 0 aliphatic carbocycles. The fourth-order valence-corrected chi connectivity index (χ4v) is 3.26. The first-order valence-electron chi connectivity index (χ1n) is 7.89. The highest BCUT2D eigenvalue weighted by molar-refractivity contribution is 5.86. The molecule has 3 rings (SSSR count). The molecule has 1 aliphatic heterocycles. The smallest absolute Gasteiger partial charge is 0.228 e. The number of carbonyl (C=O) groups excluding carboxylic acids is 1. The Morgan fingerprint density at radius 3 is 3.09 bits per heavy atom. The molecule has 5 heteroatoms. The number of likely N-dealkylation sites (tertiary alicyclic amines) is 1. The van der Waals surface area contributed by atoms with Gasteiger partial charge in [-0.15, -0.1) is 0 Å². The van der Waals surface area contributed by atoms with Crippen LogP contribution in [-0.4, -0.2) is 54.6 Å². The van der Waals surface area contributed by atoms with Gasteiger partial charge in [-0.2, -0.15) is 0 Å². The van der Waals surface area contributed by atoms with Crippen LogP contribution in [0.2, 0.25) is 0 Å². The quantitative estimate of drug-likeness (QED) is 0.868. The molecule has 0 radical (unpaired) electrons. The van der Waals surface area contributed by atoms with Gasteiger partial charge in [0.25, 0.3) is 0 Å². The number of rotatable bonds is 4. The Labute approximate surface area is 130 Å². The Morgan fingerprint density at radius 2 is 2.27 bits per heavy atom. The second-order valence-electron chi connectivity index (χ2n) is 6.35. The normalized spacial score (nSPS) is 19.5. The lowest BCUT2D eigenvalue weighted by Crippen LogP contribution is -2.40. The van der Waals surface area contributed by atoms with E-state index in [1.54, 1.807) is 0 Å². The van der Waals surface area contributed by atoms with E-state index in [-0.39, 0.29) is 5.91 Å². The summed E-state index contributed by atoms with van der Waals surface area (Å²) < 4.78 is 5.27. The van der Waals surface area contributed by atoms with Crippen molar-refractivity contribution in [2.24, 2.45) is 5.92 Å². The number of carbonyl (C=O) groups is 1. The molecule has 0 saturated carbocycles. The van der Waals surface area contributed by atoms with Crippen molar-refractivity contribution in [3.8, 4) is 0 Å². The number of piperidine rings is 1. The van der Waals surface area contributed by atoms with Gasteiger partial charge in [0.1, 0.15) is 5.69 Å². The fourth-order valence-electron chi connectivity index (χ4n) is 3.26. The molecule has 0 spiro atoms. The highest BCUT2D eigenvalue weighted by Gasteiger charge is 2.22. The van der Waals surface area contributed by atoms with E-state index in [2.05, 4.69) is 17.1 Å². The van der Waals surface area contributed by atoms with Gasteiger partial charge < -0.3 is 14.3 Å². The molecule has 0 bridgehead atoms. The lowest BCUT2D eigenvalue weighted by Gasteiger charge is -2.32. The van der Waals surface area contributed by atoms with Crippen molar-refractivity contribution in [2.45, 2.75) is 19.3 Å².